The van der Waals surface area contributed by atoms with Gasteiger partial charge < -0.3 is 11.1 Å². The molecule has 2 aromatic heterocycles. The number of rotatable bonds is 5. The molecule has 2 aromatic rings. The van der Waals surface area contributed by atoms with E-state index in [1.54, 1.807) is 0 Å². The summed E-state index contributed by atoms with van der Waals surface area (Å²) in [6, 6.07) is 2.27. The van der Waals surface area contributed by atoms with Crippen LogP contribution in [0.15, 0.2) is 6.07 Å². The number of nitrogen functional groups attached to an aromatic ring is 1. The molecule has 21 heavy (non-hydrogen) atoms. The molecule has 0 aliphatic heterocycles. The first-order chi connectivity index (χ1) is 9.90. The second-order valence-electron chi connectivity index (χ2n) is 5.51. The normalized spacial score (nSPS) is 12.4. The van der Waals surface area contributed by atoms with Gasteiger partial charge in [-0.1, -0.05) is 6.92 Å². The van der Waals surface area contributed by atoms with Crippen molar-refractivity contribution in [3.8, 4) is 0 Å². The van der Waals surface area contributed by atoms with E-state index < -0.39 is 0 Å². The van der Waals surface area contributed by atoms with Gasteiger partial charge in [0.1, 0.15) is 5.82 Å². The van der Waals surface area contributed by atoms with Crippen LogP contribution in [0.25, 0.3) is 0 Å². The Hall–Kier alpha value is -2.11. The third-order valence-electron chi connectivity index (χ3n) is 3.53. The summed E-state index contributed by atoms with van der Waals surface area (Å²) in [4.78, 5) is 8.59. The number of nitrogens with one attached hydrogen (secondary N) is 1. The second kappa shape index (κ2) is 6.11. The van der Waals surface area contributed by atoms with Crippen molar-refractivity contribution >= 4 is 11.8 Å². The Morgan fingerprint density at radius 2 is 2.00 bits per heavy atom. The van der Waals surface area contributed by atoms with Crippen LogP contribution in [0, 0.1) is 20.8 Å². The van der Waals surface area contributed by atoms with Gasteiger partial charge in [0.05, 0.1) is 17.9 Å². The zero-order valence-electron chi connectivity index (χ0n) is 13.4. The van der Waals surface area contributed by atoms with Gasteiger partial charge in [-0.25, -0.2) is 4.98 Å². The van der Waals surface area contributed by atoms with Gasteiger partial charge in [-0.15, -0.1) is 0 Å². The van der Waals surface area contributed by atoms with Crippen molar-refractivity contribution in [2.45, 2.75) is 53.6 Å². The van der Waals surface area contributed by atoms with Gasteiger partial charge in [0, 0.05) is 17.3 Å². The molecule has 0 spiro atoms. The van der Waals surface area contributed by atoms with E-state index in [0.29, 0.717) is 5.95 Å². The fourth-order valence-electron chi connectivity index (χ4n) is 2.47. The number of nitrogens with two attached hydrogens (primary N) is 1. The highest BCUT2D eigenvalue weighted by Gasteiger charge is 2.12. The van der Waals surface area contributed by atoms with Crippen LogP contribution in [0.5, 0.6) is 0 Å². The van der Waals surface area contributed by atoms with Gasteiger partial charge in [-0.3, -0.25) is 4.68 Å². The molecule has 0 aliphatic carbocycles. The highest BCUT2D eigenvalue weighted by Crippen LogP contribution is 2.18. The first-order valence-corrected chi connectivity index (χ1v) is 7.31. The number of aromatic nitrogens is 4. The van der Waals surface area contributed by atoms with E-state index in [2.05, 4.69) is 47.2 Å². The number of nitrogens with zero attached hydrogens (tertiary/aromatic N) is 4. The van der Waals surface area contributed by atoms with Crippen molar-refractivity contribution in [1.82, 2.24) is 19.7 Å². The third kappa shape index (κ3) is 3.51. The molecule has 114 valence electrons. The van der Waals surface area contributed by atoms with E-state index in [1.165, 1.54) is 0 Å². The fourth-order valence-corrected chi connectivity index (χ4v) is 2.47. The molecule has 0 unspecified atom stereocenters. The van der Waals surface area contributed by atoms with E-state index in [9.17, 15) is 0 Å². The zero-order chi connectivity index (χ0) is 15.6. The first kappa shape index (κ1) is 15.3. The van der Waals surface area contributed by atoms with Crippen molar-refractivity contribution < 1.29 is 0 Å². The lowest BCUT2D eigenvalue weighted by molar-refractivity contribution is 0.544. The largest absolute Gasteiger partial charge is 0.368 e. The molecule has 6 nitrogen and oxygen atoms in total. The lowest BCUT2D eigenvalue weighted by Gasteiger charge is -2.18. The molecule has 6 heteroatoms. The number of aryl methyl sites for hydroxylation is 3. The summed E-state index contributed by atoms with van der Waals surface area (Å²) in [5.74, 6) is 1.13. The Morgan fingerprint density at radius 3 is 2.57 bits per heavy atom. The second-order valence-corrected chi connectivity index (χ2v) is 5.51. The molecule has 0 saturated heterocycles. The fraction of sp³-hybridized carbons (Fsp3) is 0.533. The van der Waals surface area contributed by atoms with Gasteiger partial charge >= 0.3 is 0 Å². The SMILES string of the molecule is CCc1nc(N)nc(N[C@@H](C)Cn2nc(C)cc2C)c1C. The number of hydrogen-bond donors (Lipinski definition) is 2. The molecule has 0 bridgehead atoms. The minimum atomic E-state index is 0.195. The molecule has 0 saturated carbocycles. The Kier molecular flexibility index (Phi) is 4.45. The first-order valence-electron chi connectivity index (χ1n) is 7.31. The Bertz CT molecular complexity index is 631. The van der Waals surface area contributed by atoms with Crippen LogP contribution < -0.4 is 11.1 Å². The van der Waals surface area contributed by atoms with Crippen LogP contribution in [0.2, 0.25) is 0 Å². The summed E-state index contributed by atoms with van der Waals surface area (Å²) in [6.07, 6.45) is 0.846. The van der Waals surface area contributed by atoms with E-state index in [-0.39, 0.29) is 6.04 Å². The maximum absolute atomic E-state index is 5.78. The van der Waals surface area contributed by atoms with E-state index in [4.69, 9.17) is 5.73 Å². The molecule has 2 heterocycles. The molecule has 2 rings (SSSR count). The van der Waals surface area contributed by atoms with Gasteiger partial charge in [-0.05, 0) is 40.2 Å². The smallest absolute Gasteiger partial charge is 0.222 e. The lowest BCUT2D eigenvalue weighted by Crippen LogP contribution is -2.25. The highest BCUT2D eigenvalue weighted by atomic mass is 15.3. The molecule has 0 radical (unpaired) electrons. The topological polar surface area (TPSA) is 81.6 Å². The standard InChI is InChI=1S/C15H24N6/c1-6-13-12(5)14(19-15(16)18-13)17-10(3)8-21-11(4)7-9(2)20-21/h7,10H,6,8H2,1-5H3,(H3,16,17,18,19)/t10-/m0/s1. The van der Waals surface area contributed by atoms with Gasteiger partial charge in [0.25, 0.3) is 0 Å². The molecule has 0 fully saturated rings. The van der Waals surface area contributed by atoms with Crippen LogP contribution in [0.3, 0.4) is 0 Å². The van der Waals surface area contributed by atoms with Crippen molar-refractivity contribution in [2.75, 3.05) is 11.1 Å². The van der Waals surface area contributed by atoms with Crippen molar-refractivity contribution in [1.29, 1.82) is 0 Å². The minimum absolute atomic E-state index is 0.195. The zero-order valence-corrected chi connectivity index (χ0v) is 13.4. The van der Waals surface area contributed by atoms with Crippen molar-refractivity contribution in [2.24, 2.45) is 0 Å². The third-order valence-corrected chi connectivity index (χ3v) is 3.53. The minimum Gasteiger partial charge on any atom is -0.368 e. The summed E-state index contributed by atoms with van der Waals surface area (Å²) in [5, 5.41) is 7.90. The summed E-state index contributed by atoms with van der Waals surface area (Å²) < 4.78 is 2.01. The summed E-state index contributed by atoms with van der Waals surface area (Å²) in [6.45, 7) is 11.1. The van der Waals surface area contributed by atoms with Gasteiger partial charge in [-0.2, -0.15) is 10.1 Å². The predicted octanol–water partition coefficient (Wildman–Crippen LogP) is 2.24. The molecule has 0 aromatic carbocycles. The Balaban J connectivity index is 2.14. The number of hydrogen-bond acceptors (Lipinski definition) is 5. The summed E-state index contributed by atoms with van der Waals surface area (Å²) >= 11 is 0. The average Bonchev–Trinajstić information content (AvgIpc) is 2.71. The Morgan fingerprint density at radius 1 is 1.29 bits per heavy atom. The predicted molar refractivity (Wildman–Crippen MR) is 85.3 cm³/mol. The monoisotopic (exact) mass is 288 g/mol. The van der Waals surface area contributed by atoms with E-state index >= 15 is 0 Å². The van der Waals surface area contributed by atoms with Crippen LogP contribution in [-0.2, 0) is 13.0 Å². The highest BCUT2D eigenvalue weighted by molar-refractivity contribution is 5.49. The van der Waals surface area contributed by atoms with Crippen LogP contribution in [0.4, 0.5) is 11.8 Å². The number of anilines is 2. The van der Waals surface area contributed by atoms with Gasteiger partial charge in [0.15, 0.2) is 0 Å². The average molecular weight is 288 g/mol. The van der Waals surface area contributed by atoms with Gasteiger partial charge in [0.2, 0.25) is 5.95 Å². The maximum atomic E-state index is 5.78. The summed E-state index contributed by atoms with van der Waals surface area (Å²) in [5.41, 5.74) is 10.0. The molecule has 0 aliphatic rings. The Labute approximate surface area is 125 Å². The molecule has 0 amide bonds. The van der Waals surface area contributed by atoms with Crippen LogP contribution in [-0.4, -0.2) is 25.8 Å². The van der Waals surface area contributed by atoms with Crippen LogP contribution in [0.1, 0.15) is 36.5 Å². The molecular formula is C15H24N6. The molecular weight excluding hydrogens is 264 g/mol. The maximum Gasteiger partial charge on any atom is 0.222 e. The molecule has 1 atom stereocenters. The quantitative estimate of drug-likeness (QED) is 0.882. The lowest BCUT2D eigenvalue weighted by atomic mass is 10.2. The van der Waals surface area contributed by atoms with Crippen molar-refractivity contribution in [3.05, 3.63) is 28.7 Å². The van der Waals surface area contributed by atoms with E-state index in [0.717, 1.165) is 41.4 Å². The molecule has 3 N–H and O–H groups in total. The van der Waals surface area contributed by atoms with E-state index in [1.807, 2.05) is 18.5 Å². The van der Waals surface area contributed by atoms with Crippen molar-refractivity contribution in [3.63, 3.8) is 0 Å². The van der Waals surface area contributed by atoms with Crippen LogP contribution >= 0.6 is 0 Å². The summed E-state index contributed by atoms with van der Waals surface area (Å²) in [7, 11) is 0.